The predicted molar refractivity (Wildman–Crippen MR) is 53.3 cm³/mol. The van der Waals surface area contributed by atoms with Crippen LogP contribution in [0.1, 0.15) is 33.6 Å². The Morgan fingerprint density at radius 3 is 2.00 bits per heavy atom. The Hall–Kier alpha value is 0.467. The van der Waals surface area contributed by atoms with Crippen molar-refractivity contribution >= 4 is 18.6 Å². The van der Waals surface area contributed by atoms with E-state index >= 15 is 0 Å². The topological polar surface area (TPSA) is 12.0 Å². The fourth-order valence-electron chi connectivity index (χ4n) is 1.73. The van der Waals surface area contributed by atoms with Crippen molar-refractivity contribution in [1.29, 1.82) is 0 Å². The van der Waals surface area contributed by atoms with Gasteiger partial charge in [-0.05, 0) is 32.9 Å². The van der Waals surface area contributed by atoms with Gasteiger partial charge in [-0.3, -0.25) is 0 Å². The van der Waals surface area contributed by atoms with E-state index in [0.29, 0.717) is 0 Å². The van der Waals surface area contributed by atoms with Crippen LogP contribution in [0.25, 0.3) is 0 Å². The molecule has 0 amide bonds. The van der Waals surface area contributed by atoms with Crippen LogP contribution in [-0.2, 0) is 0 Å². The van der Waals surface area contributed by atoms with Crippen LogP contribution in [0, 0.1) is 0 Å². The molecule has 0 unspecified atom stereocenters. The minimum Gasteiger partial charge on any atom is -0.321 e. The van der Waals surface area contributed by atoms with Gasteiger partial charge in [-0.15, -0.1) is 11.1 Å². The largest absolute Gasteiger partial charge is 0.321 e. The van der Waals surface area contributed by atoms with E-state index in [0.717, 1.165) is 0 Å². The predicted octanol–water partition coefficient (Wildman–Crippen LogP) is 2.85. The molecule has 0 aromatic carbocycles. The molecule has 3 heteroatoms. The highest BCUT2D eigenvalue weighted by molar-refractivity contribution is 7.19. The van der Waals surface area contributed by atoms with Crippen molar-refractivity contribution < 1.29 is 0 Å². The Kier molecular flexibility index (Phi) is 2.67. The lowest BCUT2D eigenvalue weighted by molar-refractivity contribution is 0.515. The molecule has 0 aromatic heterocycles. The lowest BCUT2D eigenvalue weighted by atomic mass is 10.1. The Morgan fingerprint density at radius 2 is 1.64 bits per heavy atom. The van der Waals surface area contributed by atoms with E-state index in [1.807, 2.05) is 0 Å². The van der Waals surface area contributed by atoms with E-state index in [1.54, 1.807) is 0 Å². The lowest BCUT2D eigenvalue weighted by Crippen LogP contribution is -2.52. The Morgan fingerprint density at radius 1 is 1.18 bits per heavy atom. The smallest absolute Gasteiger partial charge is 0.226 e. The molecule has 0 spiro atoms. The molecule has 0 radical (unpaired) electrons. The van der Waals surface area contributed by atoms with Crippen LogP contribution >= 0.6 is 11.1 Å². The average Bonchev–Trinajstić information content (AvgIpc) is 2.09. The minimum absolute atomic E-state index is 0.207. The van der Waals surface area contributed by atoms with E-state index in [4.69, 9.17) is 11.1 Å². The molecule has 11 heavy (non-hydrogen) atoms. The summed E-state index contributed by atoms with van der Waals surface area (Å²) in [7, 11) is -1.50. The zero-order valence-electron chi connectivity index (χ0n) is 7.71. The molecule has 1 rings (SSSR count). The van der Waals surface area contributed by atoms with E-state index in [-0.39, 0.29) is 5.54 Å². The first-order valence-electron chi connectivity index (χ1n) is 4.40. The highest BCUT2D eigenvalue weighted by Gasteiger charge is 2.37. The summed E-state index contributed by atoms with van der Waals surface area (Å²) in [6, 6.07) is 2.51. The average molecular weight is 192 g/mol. The molecule has 1 aliphatic rings. The quantitative estimate of drug-likeness (QED) is 0.497. The number of nitrogens with one attached hydrogen (secondary N) is 1. The van der Waals surface area contributed by atoms with Crippen LogP contribution in [0.2, 0.25) is 12.1 Å². The van der Waals surface area contributed by atoms with E-state index in [9.17, 15) is 0 Å². The van der Waals surface area contributed by atoms with Gasteiger partial charge in [0, 0.05) is 5.54 Å². The van der Waals surface area contributed by atoms with Crippen molar-refractivity contribution in [2.24, 2.45) is 0 Å². The molecule has 1 fully saturated rings. The van der Waals surface area contributed by atoms with Gasteiger partial charge in [0.15, 0.2) is 0 Å². The summed E-state index contributed by atoms with van der Waals surface area (Å²) in [5.74, 6) is 0. The van der Waals surface area contributed by atoms with Crippen LogP contribution in [0.4, 0.5) is 0 Å². The standard InChI is InChI=1S/C8H18ClNSi/c1-8(2,3)10-11(9)6-4-5-7-11/h10H,4-7H2,1-3H3. The molecule has 66 valence electrons. The zero-order valence-corrected chi connectivity index (χ0v) is 9.46. The molecule has 0 aliphatic carbocycles. The second kappa shape index (κ2) is 3.07. The first kappa shape index (κ1) is 9.55. The first-order chi connectivity index (χ1) is 4.91. The third-order valence-electron chi connectivity index (χ3n) is 2.00. The number of hydrogen-bond donors (Lipinski definition) is 1. The third-order valence-corrected chi connectivity index (χ3v) is 6.90. The third kappa shape index (κ3) is 3.14. The summed E-state index contributed by atoms with van der Waals surface area (Å²) in [5, 5.41) is 0. The Balaban J connectivity index is 2.46. The molecule has 0 bridgehead atoms. The van der Waals surface area contributed by atoms with Gasteiger partial charge < -0.3 is 4.98 Å². The molecule has 0 aromatic rings. The zero-order chi connectivity index (χ0) is 8.54. The van der Waals surface area contributed by atoms with Gasteiger partial charge in [0.2, 0.25) is 7.55 Å². The maximum atomic E-state index is 6.48. The number of hydrogen-bond acceptors (Lipinski definition) is 1. The molecule has 0 atom stereocenters. The molecule has 1 aliphatic heterocycles. The lowest BCUT2D eigenvalue weighted by Gasteiger charge is -2.30. The summed E-state index contributed by atoms with van der Waals surface area (Å²) in [5.41, 5.74) is 0.207. The minimum atomic E-state index is -1.50. The van der Waals surface area contributed by atoms with Gasteiger partial charge >= 0.3 is 0 Å². The second-order valence-corrected chi connectivity index (χ2v) is 9.90. The summed E-state index contributed by atoms with van der Waals surface area (Å²) < 4.78 is 0. The van der Waals surface area contributed by atoms with Crippen molar-refractivity contribution in [3.05, 3.63) is 0 Å². The van der Waals surface area contributed by atoms with Crippen LogP contribution < -0.4 is 4.98 Å². The van der Waals surface area contributed by atoms with Crippen molar-refractivity contribution in [3.8, 4) is 0 Å². The van der Waals surface area contributed by atoms with Crippen molar-refractivity contribution in [2.45, 2.75) is 51.2 Å². The summed E-state index contributed by atoms with van der Waals surface area (Å²) in [4.78, 5) is 3.60. The van der Waals surface area contributed by atoms with Gasteiger partial charge in [0.25, 0.3) is 0 Å². The van der Waals surface area contributed by atoms with Crippen LogP contribution in [0.3, 0.4) is 0 Å². The SMILES string of the molecule is CC(C)(C)N[Si]1(Cl)CCCC1. The monoisotopic (exact) mass is 191 g/mol. The summed E-state index contributed by atoms with van der Waals surface area (Å²) >= 11 is 6.48. The maximum absolute atomic E-state index is 6.48. The molecule has 1 saturated heterocycles. The second-order valence-electron chi connectivity index (χ2n) is 4.55. The van der Waals surface area contributed by atoms with Gasteiger partial charge in [0.1, 0.15) is 0 Å². The fraction of sp³-hybridized carbons (Fsp3) is 1.00. The fourth-order valence-corrected chi connectivity index (χ4v) is 6.85. The van der Waals surface area contributed by atoms with E-state index in [1.165, 1.54) is 24.9 Å². The van der Waals surface area contributed by atoms with Crippen molar-refractivity contribution in [3.63, 3.8) is 0 Å². The molecule has 1 heterocycles. The normalized spacial score (nSPS) is 24.0. The van der Waals surface area contributed by atoms with Gasteiger partial charge in [0.05, 0.1) is 0 Å². The molecular weight excluding hydrogens is 174 g/mol. The maximum Gasteiger partial charge on any atom is 0.226 e. The van der Waals surface area contributed by atoms with Crippen LogP contribution in [0.15, 0.2) is 0 Å². The first-order valence-corrected chi connectivity index (χ1v) is 7.82. The molecule has 1 N–H and O–H groups in total. The number of halogens is 1. The Bertz CT molecular complexity index is 136. The van der Waals surface area contributed by atoms with Gasteiger partial charge in [-0.25, -0.2) is 0 Å². The molecular formula is C8H18ClNSi. The van der Waals surface area contributed by atoms with Gasteiger partial charge in [-0.1, -0.05) is 12.8 Å². The summed E-state index contributed by atoms with van der Waals surface area (Å²) in [6.07, 6.45) is 2.66. The molecule has 0 saturated carbocycles. The van der Waals surface area contributed by atoms with Crippen molar-refractivity contribution in [2.75, 3.05) is 0 Å². The van der Waals surface area contributed by atoms with E-state index < -0.39 is 7.55 Å². The van der Waals surface area contributed by atoms with Crippen molar-refractivity contribution in [1.82, 2.24) is 4.98 Å². The van der Waals surface area contributed by atoms with E-state index in [2.05, 4.69) is 25.8 Å². The highest BCUT2D eigenvalue weighted by atomic mass is 35.6. The highest BCUT2D eigenvalue weighted by Crippen LogP contribution is 2.32. The van der Waals surface area contributed by atoms with Crippen LogP contribution in [0.5, 0.6) is 0 Å². The number of rotatable bonds is 1. The Labute approximate surface area is 75.3 Å². The van der Waals surface area contributed by atoms with Gasteiger partial charge in [-0.2, -0.15) is 0 Å². The van der Waals surface area contributed by atoms with Crippen LogP contribution in [-0.4, -0.2) is 13.1 Å². The summed E-state index contributed by atoms with van der Waals surface area (Å²) in [6.45, 7) is 6.59. The molecule has 1 nitrogen and oxygen atoms in total.